The van der Waals surface area contributed by atoms with Crippen molar-refractivity contribution in [1.82, 2.24) is 9.55 Å². The summed E-state index contributed by atoms with van der Waals surface area (Å²) in [5.41, 5.74) is 13.2. The van der Waals surface area contributed by atoms with E-state index in [-0.39, 0.29) is 5.41 Å². The Balaban J connectivity index is 1.61. The largest absolute Gasteiger partial charge is 0.455 e. The van der Waals surface area contributed by atoms with E-state index in [0.717, 1.165) is 50.3 Å². The molecule has 0 unspecified atom stereocenters. The van der Waals surface area contributed by atoms with E-state index in [2.05, 4.69) is 140 Å². The lowest BCUT2D eigenvalue weighted by atomic mass is 9.87. The summed E-state index contributed by atoms with van der Waals surface area (Å²) >= 11 is 0. The number of furan rings is 1. The van der Waals surface area contributed by atoms with Gasteiger partial charge in [0.15, 0.2) is 22.2 Å². The lowest BCUT2D eigenvalue weighted by molar-refractivity contribution is -0.633. The van der Waals surface area contributed by atoms with Gasteiger partial charge in [0, 0.05) is 33.4 Å². The number of fused-ring (bicyclic) bond motifs is 5. The van der Waals surface area contributed by atoms with Crippen LogP contribution in [0.4, 0.5) is 0 Å². The van der Waals surface area contributed by atoms with Crippen molar-refractivity contribution in [3.05, 3.63) is 88.8 Å². The lowest BCUT2D eigenvalue weighted by Gasteiger charge is -2.21. The summed E-state index contributed by atoms with van der Waals surface area (Å²) in [4.78, 5) is 4.87. The monoisotopic (exact) mass is 612 g/mol. The Hall–Kier alpha value is -4.38. The molecule has 0 N–H and O–H groups in total. The van der Waals surface area contributed by atoms with Crippen LogP contribution in [0.3, 0.4) is 0 Å². The van der Waals surface area contributed by atoms with Gasteiger partial charge in [-0.15, -0.1) is 0 Å². The SMILES string of the molecule is Cc1ccc2c(oc3cc4oc(C(C)(C)C)nc4cc32)c1-c1n(-c2c(C(C)C)cc(C(C)C)cc2C(C)C)c2ccccc2[n+]1C. The predicted octanol–water partition coefficient (Wildman–Crippen LogP) is 11.1. The Morgan fingerprint density at radius 3 is 2.07 bits per heavy atom. The first kappa shape index (κ1) is 30.3. The van der Waals surface area contributed by atoms with Crippen molar-refractivity contribution in [2.24, 2.45) is 7.05 Å². The van der Waals surface area contributed by atoms with E-state index >= 15 is 0 Å². The van der Waals surface area contributed by atoms with Gasteiger partial charge in [-0.1, -0.05) is 98.7 Å². The van der Waals surface area contributed by atoms with Crippen LogP contribution in [0.5, 0.6) is 0 Å². The standard InChI is InChI=1S/C41H46N3O2/c1-22(2)26-18-28(23(3)4)37(29(19-26)24(5)6)44-33-15-13-12-14-32(33)43(11)39(44)36-25(7)16-17-27-30-20-31-35(21-34(30)45-38(27)36)46-40(42-31)41(8,9)10/h12-24H,1-11H3/q+1. The zero-order valence-electron chi connectivity index (χ0n) is 29.2. The highest BCUT2D eigenvalue weighted by Crippen LogP contribution is 2.43. The van der Waals surface area contributed by atoms with E-state index in [4.69, 9.17) is 13.8 Å². The molecule has 7 aromatic rings. The maximum absolute atomic E-state index is 6.86. The summed E-state index contributed by atoms with van der Waals surface area (Å²) in [5, 5.41) is 2.13. The Kier molecular flexibility index (Phi) is 6.97. The minimum atomic E-state index is -0.175. The number of imidazole rings is 1. The summed E-state index contributed by atoms with van der Waals surface area (Å²) < 4.78 is 17.9. The average molecular weight is 613 g/mol. The van der Waals surface area contributed by atoms with Crippen molar-refractivity contribution in [3.63, 3.8) is 0 Å². The molecule has 0 radical (unpaired) electrons. The molecule has 0 atom stereocenters. The topological polar surface area (TPSA) is 48.0 Å². The average Bonchev–Trinajstić information content (AvgIpc) is 3.66. The third kappa shape index (κ3) is 4.58. The Morgan fingerprint density at radius 1 is 0.761 bits per heavy atom. The summed E-state index contributed by atoms with van der Waals surface area (Å²) in [7, 11) is 2.19. The van der Waals surface area contributed by atoms with Crippen LogP contribution in [0.25, 0.3) is 61.1 Å². The molecule has 5 heteroatoms. The van der Waals surface area contributed by atoms with E-state index < -0.39 is 0 Å². The minimum Gasteiger partial charge on any atom is -0.455 e. The van der Waals surface area contributed by atoms with Gasteiger partial charge in [-0.05, 0) is 54.0 Å². The first-order valence-electron chi connectivity index (χ1n) is 16.7. The lowest BCUT2D eigenvalue weighted by Crippen LogP contribution is -2.30. The Morgan fingerprint density at radius 2 is 1.43 bits per heavy atom. The fraction of sp³-hybridized carbons (Fsp3) is 0.366. The number of aromatic nitrogens is 3. The molecule has 0 aliphatic heterocycles. The summed E-state index contributed by atoms with van der Waals surface area (Å²) in [6.07, 6.45) is 0. The normalized spacial score (nSPS) is 12.8. The highest BCUT2D eigenvalue weighted by atomic mass is 16.4. The zero-order chi connectivity index (χ0) is 32.8. The smallest absolute Gasteiger partial charge is 0.299 e. The molecule has 0 fully saturated rings. The highest BCUT2D eigenvalue weighted by Gasteiger charge is 2.34. The van der Waals surface area contributed by atoms with Crippen molar-refractivity contribution in [1.29, 1.82) is 0 Å². The molecule has 0 saturated carbocycles. The summed E-state index contributed by atoms with van der Waals surface area (Å²) in [6.45, 7) is 22.4. The van der Waals surface area contributed by atoms with Crippen LogP contribution >= 0.6 is 0 Å². The molecule has 46 heavy (non-hydrogen) atoms. The van der Waals surface area contributed by atoms with Crippen LogP contribution in [0.1, 0.15) is 108 Å². The van der Waals surface area contributed by atoms with Gasteiger partial charge in [0.25, 0.3) is 5.82 Å². The zero-order valence-corrected chi connectivity index (χ0v) is 29.2. The molecule has 4 aromatic carbocycles. The maximum Gasteiger partial charge on any atom is 0.299 e. The number of nitrogens with zero attached hydrogens (tertiary/aromatic N) is 3. The first-order valence-corrected chi connectivity index (χ1v) is 16.7. The molecule has 7 rings (SSSR count). The van der Waals surface area contributed by atoms with Crippen LogP contribution < -0.4 is 4.57 Å². The van der Waals surface area contributed by atoms with Gasteiger partial charge in [-0.2, -0.15) is 4.57 Å². The van der Waals surface area contributed by atoms with Crippen molar-refractivity contribution in [3.8, 4) is 17.1 Å². The number of para-hydroxylation sites is 2. The van der Waals surface area contributed by atoms with Crippen LogP contribution in [0.2, 0.25) is 0 Å². The quantitative estimate of drug-likeness (QED) is 0.182. The molecule has 0 aliphatic carbocycles. The number of benzene rings is 4. The van der Waals surface area contributed by atoms with Gasteiger partial charge in [-0.3, -0.25) is 0 Å². The summed E-state index contributed by atoms with van der Waals surface area (Å²) in [5.74, 6) is 2.98. The second kappa shape index (κ2) is 10.6. The fourth-order valence-electron chi connectivity index (χ4n) is 6.95. The van der Waals surface area contributed by atoms with Gasteiger partial charge >= 0.3 is 0 Å². The molecule has 0 spiro atoms. The number of oxazole rings is 1. The second-order valence-electron chi connectivity index (χ2n) is 15.0. The van der Waals surface area contributed by atoms with E-state index in [1.165, 1.54) is 39.0 Å². The molecule has 5 nitrogen and oxygen atoms in total. The number of hydrogen-bond acceptors (Lipinski definition) is 3. The second-order valence-corrected chi connectivity index (χ2v) is 15.0. The number of rotatable bonds is 5. The van der Waals surface area contributed by atoms with Crippen LogP contribution in [0, 0.1) is 6.92 Å². The van der Waals surface area contributed by atoms with Gasteiger partial charge in [-0.25, -0.2) is 9.55 Å². The molecule has 236 valence electrons. The van der Waals surface area contributed by atoms with Crippen molar-refractivity contribution in [2.45, 2.75) is 92.4 Å². The molecule has 0 aliphatic rings. The van der Waals surface area contributed by atoms with E-state index in [1.54, 1.807) is 0 Å². The van der Waals surface area contributed by atoms with Crippen molar-refractivity contribution in [2.75, 3.05) is 0 Å². The van der Waals surface area contributed by atoms with E-state index in [1.807, 2.05) is 6.07 Å². The van der Waals surface area contributed by atoms with E-state index in [0.29, 0.717) is 17.8 Å². The van der Waals surface area contributed by atoms with Gasteiger partial charge in [0.2, 0.25) is 5.89 Å². The maximum atomic E-state index is 6.86. The highest BCUT2D eigenvalue weighted by molar-refractivity contribution is 6.12. The van der Waals surface area contributed by atoms with Crippen LogP contribution in [-0.4, -0.2) is 9.55 Å². The van der Waals surface area contributed by atoms with Gasteiger partial charge in [0.1, 0.15) is 22.4 Å². The number of aryl methyl sites for hydroxylation is 2. The van der Waals surface area contributed by atoms with Gasteiger partial charge in [0.05, 0.1) is 7.05 Å². The van der Waals surface area contributed by atoms with Gasteiger partial charge < -0.3 is 8.83 Å². The molecule has 3 heterocycles. The molecule has 0 saturated heterocycles. The minimum absolute atomic E-state index is 0.175. The third-order valence-electron chi connectivity index (χ3n) is 9.56. The summed E-state index contributed by atoms with van der Waals surface area (Å²) in [6, 6.07) is 22.2. The number of hydrogen-bond donors (Lipinski definition) is 0. The Bertz CT molecular complexity index is 2270. The molecular weight excluding hydrogens is 566 g/mol. The van der Waals surface area contributed by atoms with Crippen LogP contribution in [-0.2, 0) is 12.5 Å². The Labute approximate surface area is 271 Å². The van der Waals surface area contributed by atoms with E-state index in [9.17, 15) is 0 Å². The molecule has 3 aromatic heterocycles. The third-order valence-corrected chi connectivity index (χ3v) is 9.56. The molecule has 0 amide bonds. The first-order chi connectivity index (χ1) is 21.8. The fourth-order valence-corrected chi connectivity index (χ4v) is 6.95. The van der Waals surface area contributed by atoms with Crippen molar-refractivity contribution < 1.29 is 13.4 Å². The van der Waals surface area contributed by atoms with Crippen LogP contribution in [0.15, 0.2) is 69.5 Å². The van der Waals surface area contributed by atoms with Crippen molar-refractivity contribution >= 4 is 44.1 Å². The molecular formula is C41H46N3O2+. The predicted molar refractivity (Wildman–Crippen MR) is 190 cm³/mol. The molecule has 0 bridgehead atoms.